The van der Waals surface area contributed by atoms with Gasteiger partial charge in [0, 0.05) is 18.1 Å². The number of aliphatic hydroxyl groups excluding tert-OH is 1. The summed E-state index contributed by atoms with van der Waals surface area (Å²) in [5, 5.41) is 12.6. The number of sulfonamides is 1. The molecule has 0 unspecified atom stereocenters. The standard InChI is InChI=1S/C28H37ClN4O6S.ClH/c1-5-33(15-22-24(20-11-13-21(29)14-12-20)40(37,38)32-27(22,2)3)25(35)23(31-26(36)28(4,30)18-34)17-39-16-19-9-7-6-8-10-19;/h6-14,23,32,34H,5,15-18,30H2,1-4H3,(H,31,36);1H/t23-,28-;/m1./s1. The predicted octanol–water partition coefficient (Wildman–Crippen LogP) is 2.44. The fourth-order valence-corrected chi connectivity index (χ4v) is 6.40. The monoisotopic (exact) mass is 628 g/mol. The molecule has 226 valence electrons. The SMILES string of the molecule is CCN(CC1=C(c2ccc(Cl)cc2)S(=O)(=O)NC1(C)C)C(=O)[C@@H](COCc1ccccc1)NC(=O)[C@](C)(N)CO.Cl. The van der Waals surface area contributed by atoms with Gasteiger partial charge in [0.1, 0.15) is 11.6 Å². The predicted molar refractivity (Wildman–Crippen MR) is 162 cm³/mol. The second-order valence-corrected chi connectivity index (χ2v) is 12.6. The van der Waals surface area contributed by atoms with E-state index < -0.39 is 45.6 Å². The van der Waals surface area contributed by atoms with Gasteiger partial charge in [-0.1, -0.05) is 54.1 Å². The molecule has 1 aliphatic heterocycles. The van der Waals surface area contributed by atoms with Gasteiger partial charge in [-0.2, -0.15) is 0 Å². The van der Waals surface area contributed by atoms with E-state index in [-0.39, 0.29) is 43.6 Å². The van der Waals surface area contributed by atoms with Crippen LogP contribution in [0.25, 0.3) is 4.91 Å². The Bertz CT molecular complexity index is 1350. The molecule has 10 nitrogen and oxygen atoms in total. The van der Waals surface area contributed by atoms with Crippen molar-refractivity contribution in [3.05, 3.63) is 76.3 Å². The highest BCUT2D eigenvalue weighted by molar-refractivity contribution is 7.99. The quantitative estimate of drug-likeness (QED) is 0.282. The Morgan fingerprint density at radius 3 is 2.34 bits per heavy atom. The van der Waals surface area contributed by atoms with E-state index in [1.165, 1.54) is 11.8 Å². The minimum absolute atomic E-state index is 0. The van der Waals surface area contributed by atoms with E-state index in [2.05, 4.69) is 10.0 Å². The van der Waals surface area contributed by atoms with Gasteiger partial charge in [0.05, 0.1) is 30.3 Å². The van der Waals surface area contributed by atoms with Gasteiger partial charge in [0.2, 0.25) is 21.8 Å². The molecule has 0 radical (unpaired) electrons. The lowest BCUT2D eigenvalue weighted by molar-refractivity contribution is -0.139. The lowest BCUT2D eigenvalue weighted by Crippen LogP contribution is -2.60. The Kier molecular flexibility index (Phi) is 11.9. The Labute approximate surface area is 252 Å². The molecule has 2 aromatic rings. The molecule has 3 rings (SSSR count). The van der Waals surface area contributed by atoms with Crippen LogP contribution in [0.1, 0.15) is 38.8 Å². The summed E-state index contributed by atoms with van der Waals surface area (Å²) in [6, 6.07) is 14.6. The van der Waals surface area contributed by atoms with Crippen LogP contribution in [0.5, 0.6) is 0 Å². The molecule has 2 aromatic carbocycles. The number of amides is 2. The number of ether oxygens (including phenoxy) is 1. The van der Waals surface area contributed by atoms with Crippen LogP contribution in [0.15, 0.2) is 60.2 Å². The van der Waals surface area contributed by atoms with Crippen molar-refractivity contribution < 1.29 is 27.9 Å². The topological polar surface area (TPSA) is 151 Å². The highest BCUT2D eigenvalue weighted by Gasteiger charge is 2.44. The molecular weight excluding hydrogens is 591 g/mol. The Hall–Kier alpha value is -2.51. The summed E-state index contributed by atoms with van der Waals surface area (Å²) in [5.41, 5.74) is 5.11. The molecule has 0 bridgehead atoms. The third kappa shape index (κ3) is 8.51. The number of nitrogens with two attached hydrogens (primary N) is 1. The Morgan fingerprint density at radius 1 is 1.17 bits per heavy atom. The van der Waals surface area contributed by atoms with E-state index in [1.807, 2.05) is 30.3 Å². The number of rotatable bonds is 12. The fourth-order valence-electron chi connectivity index (χ4n) is 4.29. The van der Waals surface area contributed by atoms with Crippen molar-refractivity contribution in [2.75, 3.05) is 26.3 Å². The van der Waals surface area contributed by atoms with Crippen molar-refractivity contribution in [1.29, 1.82) is 0 Å². The van der Waals surface area contributed by atoms with E-state index in [9.17, 15) is 23.1 Å². The van der Waals surface area contributed by atoms with Crippen molar-refractivity contribution in [2.24, 2.45) is 5.73 Å². The first-order valence-electron chi connectivity index (χ1n) is 12.9. The van der Waals surface area contributed by atoms with Gasteiger partial charge in [-0.15, -0.1) is 12.4 Å². The Balaban J connectivity index is 0.00000588. The molecule has 0 saturated heterocycles. The molecule has 0 spiro atoms. The van der Waals surface area contributed by atoms with Crippen LogP contribution in [0.4, 0.5) is 0 Å². The average molecular weight is 630 g/mol. The van der Waals surface area contributed by atoms with Gasteiger partial charge in [-0.3, -0.25) is 9.59 Å². The highest BCUT2D eigenvalue weighted by Crippen LogP contribution is 2.38. The van der Waals surface area contributed by atoms with Gasteiger partial charge >= 0.3 is 0 Å². The summed E-state index contributed by atoms with van der Waals surface area (Å²) >= 11 is 6.02. The van der Waals surface area contributed by atoms with E-state index in [4.69, 9.17) is 22.1 Å². The normalized spacial score (nSPS) is 17.7. The minimum atomic E-state index is -3.89. The van der Waals surface area contributed by atoms with E-state index in [1.54, 1.807) is 45.0 Å². The number of hydrogen-bond donors (Lipinski definition) is 4. The van der Waals surface area contributed by atoms with E-state index >= 15 is 0 Å². The molecule has 41 heavy (non-hydrogen) atoms. The lowest BCUT2D eigenvalue weighted by atomic mass is 9.92. The molecule has 0 aliphatic carbocycles. The summed E-state index contributed by atoms with van der Waals surface area (Å²) in [7, 11) is -3.89. The number of hydrogen-bond acceptors (Lipinski definition) is 7. The van der Waals surface area contributed by atoms with Crippen LogP contribution < -0.4 is 15.8 Å². The van der Waals surface area contributed by atoms with Gasteiger partial charge < -0.3 is 25.8 Å². The van der Waals surface area contributed by atoms with Gasteiger partial charge in [0.25, 0.3) is 0 Å². The molecule has 5 N–H and O–H groups in total. The number of halogens is 2. The first-order valence-corrected chi connectivity index (χ1v) is 14.7. The number of likely N-dealkylation sites (N-methyl/N-ethyl adjacent to an activating group) is 1. The summed E-state index contributed by atoms with van der Waals surface area (Å²) < 4.78 is 34.9. The summed E-state index contributed by atoms with van der Waals surface area (Å²) in [5.74, 6) is -1.21. The third-order valence-corrected chi connectivity index (χ3v) is 8.73. The maximum absolute atomic E-state index is 13.8. The average Bonchev–Trinajstić information content (AvgIpc) is 3.09. The van der Waals surface area contributed by atoms with Crippen LogP contribution in [0.3, 0.4) is 0 Å². The second kappa shape index (κ2) is 14.1. The van der Waals surface area contributed by atoms with Crippen LogP contribution >= 0.6 is 24.0 Å². The first-order chi connectivity index (χ1) is 18.7. The van der Waals surface area contributed by atoms with Crippen molar-refractivity contribution in [2.45, 2.75) is 51.4 Å². The van der Waals surface area contributed by atoms with Gasteiger partial charge in [-0.05, 0) is 56.5 Å². The largest absolute Gasteiger partial charge is 0.394 e. The van der Waals surface area contributed by atoms with Crippen LogP contribution in [0, 0.1) is 0 Å². The second-order valence-electron chi connectivity index (χ2n) is 10.5. The van der Waals surface area contributed by atoms with Gasteiger partial charge in [0.15, 0.2) is 0 Å². The smallest absolute Gasteiger partial charge is 0.247 e. The zero-order chi connectivity index (χ0) is 29.7. The maximum Gasteiger partial charge on any atom is 0.247 e. The third-order valence-electron chi connectivity index (χ3n) is 6.68. The molecular formula is C28H38Cl2N4O6S. The molecule has 1 heterocycles. The number of carbonyl (C=O) groups is 2. The van der Waals surface area contributed by atoms with E-state index in [0.29, 0.717) is 16.2 Å². The molecule has 0 aromatic heterocycles. The van der Waals surface area contributed by atoms with Crippen molar-refractivity contribution in [3.63, 3.8) is 0 Å². The molecule has 2 atom stereocenters. The molecule has 2 amide bonds. The van der Waals surface area contributed by atoms with Gasteiger partial charge in [-0.25, -0.2) is 13.1 Å². The summed E-state index contributed by atoms with van der Waals surface area (Å²) in [6.07, 6.45) is 0. The molecule has 1 aliphatic rings. The molecule has 13 heteroatoms. The van der Waals surface area contributed by atoms with Crippen molar-refractivity contribution >= 4 is 50.8 Å². The molecule has 0 fully saturated rings. The highest BCUT2D eigenvalue weighted by atomic mass is 35.5. The number of nitrogens with one attached hydrogen (secondary N) is 2. The zero-order valence-electron chi connectivity index (χ0n) is 23.5. The van der Waals surface area contributed by atoms with E-state index in [0.717, 1.165) is 5.56 Å². The lowest BCUT2D eigenvalue weighted by Gasteiger charge is -2.32. The number of aliphatic hydroxyl groups is 1. The van der Waals surface area contributed by atoms with Crippen LogP contribution in [-0.2, 0) is 31.0 Å². The van der Waals surface area contributed by atoms with Crippen molar-refractivity contribution in [1.82, 2.24) is 14.9 Å². The summed E-state index contributed by atoms with van der Waals surface area (Å²) in [6.45, 7) is 6.16. The van der Waals surface area contributed by atoms with Crippen LogP contribution in [-0.4, -0.2) is 73.7 Å². The first kappa shape index (κ1) is 34.7. The number of nitrogens with zero attached hydrogens (tertiary/aromatic N) is 1. The Morgan fingerprint density at radius 2 is 1.78 bits per heavy atom. The van der Waals surface area contributed by atoms with Crippen molar-refractivity contribution in [3.8, 4) is 0 Å². The number of benzene rings is 2. The zero-order valence-corrected chi connectivity index (χ0v) is 25.9. The number of carbonyl (C=O) groups excluding carboxylic acids is 2. The van der Waals surface area contributed by atoms with Crippen LogP contribution in [0.2, 0.25) is 5.02 Å². The minimum Gasteiger partial charge on any atom is -0.394 e. The maximum atomic E-state index is 13.8. The molecule has 0 saturated carbocycles. The fraction of sp³-hybridized carbons (Fsp3) is 0.429. The summed E-state index contributed by atoms with van der Waals surface area (Å²) in [4.78, 5) is 28.2.